The average molecular weight is 197 g/mol. The fourth-order valence-corrected chi connectivity index (χ4v) is 1.86. The van der Waals surface area contributed by atoms with Crippen LogP contribution < -0.4 is 0 Å². The number of imidazole rings is 1. The maximum Gasteiger partial charge on any atom is 0.136 e. The first-order valence-corrected chi connectivity index (χ1v) is 4.94. The van der Waals surface area contributed by atoms with Crippen LogP contribution in [0.5, 0.6) is 0 Å². The Hall–Kier alpha value is -2.03. The number of benzene rings is 1. The number of fused-ring (bicyclic) bond motifs is 1. The summed E-state index contributed by atoms with van der Waals surface area (Å²) < 4.78 is 1.87. The van der Waals surface area contributed by atoms with E-state index in [2.05, 4.69) is 29.1 Å². The summed E-state index contributed by atoms with van der Waals surface area (Å²) >= 11 is 0. The number of aromatic amines is 1. The van der Waals surface area contributed by atoms with Crippen LogP contribution in [0.4, 0.5) is 0 Å². The molecule has 0 unspecified atom stereocenters. The van der Waals surface area contributed by atoms with E-state index in [4.69, 9.17) is 0 Å². The summed E-state index contributed by atoms with van der Waals surface area (Å²) in [5.74, 6) is 0. The van der Waals surface area contributed by atoms with Gasteiger partial charge in [-0.3, -0.25) is 0 Å². The summed E-state index contributed by atoms with van der Waals surface area (Å²) in [6.07, 6.45) is 3.82. The number of rotatable bonds is 1. The number of aryl methyl sites for hydroxylation is 1. The van der Waals surface area contributed by atoms with Crippen LogP contribution in [-0.4, -0.2) is 14.6 Å². The van der Waals surface area contributed by atoms with Crippen LogP contribution in [0.3, 0.4) is 0 Å². The molecule has 0 amide bonds. The summed E-state index contributed by atoms with van der Waals surface area (Å²) in [6.45, 7) is 2.08. The number of H-pyrrole nitrogens is 1. The molecule has 0 aliphatic rings. The molecule has 3 heteroatoms. The van der Waals surface area contributed by atoms with E-state index in [0.29, 0.717) is 0 Å². The lowest BCUT2D eigenvalue weighted by Gasteiger charge is -1.96. The van der Waals surface area contributed by atoms with Gasteiger partial charge in [0.15, 0.2) is 0 Å². The molecule has 2 heterocycles. The van der Waals surface area contributed by atoms with Crippen molar-refractivity contribution in [2.45, 2.75) is 6.92 Å². The molecule has 0 atom stereocenters. The Morgan fingerprint density at radius 2 is 2.00 bits per heavy atom. The van der Waals surface area contributed by atoms with E-state index in [1.807, 2.05) is 35.1 Å². The zero-order valence-corrected chi connectivity index (χ0v) is 8.44. The molecule has 0 aliphatic carbocycles. The second-order valence-corrected chi connectivity index (χ2v) is 3.59. The van der Waals surface area contributed by atoms with Crippen molar-refractivity contribution in [3.05, 3.63) is 48.3 Å². The number of nitrogens with zero attached hydrogens (tertiary/aromatic N) is 2. The normalized spacial score (nSPS) is 11.0. The van der Waals surface area contributed by atoms with Crippen molar-refractivity contribution in [3.8, 4) is 11.3 Å². The SMILES string of the molecule is Cc1c(-c2ccccc2)nn2cc[nH]c12. The minimum atomic E-state index is 1.04. The van der Waals surface area contributed by atoms with Gasteiger partial charge in [-0.25, -0.2) is 4.52 Å². The largest absolute Gasteiger partial charge is 0.345 e. The molecule has 15 heavy (non-hydrogen) atoms. The van der Waals surface area contributed by atoms with Crippen molar-refractivity contribution >= 4 is 5.65 Å². The van der Waals surface area contributed by atoms with E-state index in [-0.39, 0.29) is 0 Å². The molecule has 0 aliphatic heterocycles. The predicted octanol–water partition coefficient (Wildman–Crippen LogP) is 2.64. The first kappa shape index (κ1) is 8.29. The monoisotopic (exact) mass is 197 g/mol. The Balaban J connectivity index is 2.27. The average Bonchev–Trinajstić information content (AvgIpc) is 2.83. The molecule has 0 spiro atoms. The molecular formula is C12H11N3. The van der Waals surface area contributed by atoms with Gasteiger partial charge in [-0.05, 0) is 6.92 Å². The third-order valence-electron chi connectivity index (χ3n) is 2.63. The summed E-state index contributed by atoms with van der Waals surface area (Å²) in [7, 11) is 0. The fourth-order valence-electron chi connectivity index (χ4n) is 1.86. The van der Waals surface area contributed by atoms with Gasteiger partial charge in [0, 0.05) is 23.5 Å². The van der Waals surface area contributed by atoms with E-state index in [1.165, 1.54) is 5.56 Å². The maximum absolute atomic E-state index is 4.53. The molecule has 3 nitrogen and oxygen atoms in total. The summed E-state index contributed by atoms with van der Waals surface area (Å²) in [4.78, 5) is 3.18. The molecule has 0 bridgehead atoms. The third-order valence-corrected chi connectivity index (χ3v) is 2.63. The van der Waals surface area contributed by atoms with Crippen LogP contribution >= 0.6 is 0 Å². The van der Waals surface area contributed by atoms with Crippen LogP contribution in [0.15, 0.2) is 42.7 Å². The lowest BCUT2D eigenvalue weighted by Crippen LogP contribution is -1.82. The van der Waals surface area contributed by atoms with Crippen molar-refractivity contribution in [1.82, 2.24) is 14.6 Å². The van der Waals surface area contributed by atoms with Gasteiger partial charge in [0.05, 0.1) is 5.69 Å². The first-order chi connectivity index (χ1) is 7.36. The van der Waals surface area contributed by atoms with E-state index in [1.54, 1.807) is 0 Å². The van der Waals surface area contributed by atoms with Gasteiger partial charge in [0.25, 0.3) is 0 Å². The minimum absolute atomic E-state index is 1.04. The van der Waals surface area contributed by atoms with E-state index < -0.39 is 0 Å². The Kier molecular flexibility index (Phi) is 1.65. The second kappa shape index (κ2) is 2.98. The number of aromatic nitrogens is 3. The van der Waals surface area contributed by atoms with Crippen molar-refractivity contribution in [1.29, 1.82) is 0 Å². The van der Waals surface area contributed by atoms with Crippen LogP contribution in [-0.2, 0) is 0 Å². The van der Waals surface area contributed by atoms with Crippen LogP contribution in [0.1, 0.15) is 5.56 Å². The second-order valence-electron chi connectivity index (χ2n) is 3.59. The highest BCUT2D eigenvalue weighted by Crippen LogP contribution is 2.23. The van der Waals surface area contributed by atoms with Gasteiger partial charge in [0.2, 0.25) is 0 Å². The molecule has 0 fully saturated rings. The molecule has 0 saturated heterocycles. The van der Waals surface area contributed by atoms with Crippen molar-refractivity contribution in [2.24, 2.45) is 0 Å². The van der Waals surface area contributed by atoms with Crippen molar-refractivity contribution < 1.29 is 0 Å². The number of nitrogens with one attached hydrogen (secondary N) is 1. The lowest BCUT2D eigenvalue weighted by molar-refractivity contribution is 0.978. The topological polar surface area (TPSA) is 33.1 Å². The summed E-state index contributed by atoms with van der Waals surface area (Å²) in [5, 5.41) is 4.53. The molecular weight excluding hydrogens is 186 g/mol. The Bertz CT molecular complexity index is 590. The zero-order chi connectivity index (χ0) is 10.3. The Morgan fingerprint density at radius 1 is 1.20 bits per heavy atom. The molecule has 0 radical (unpaired) electrons. The van der Waals surface area contributed by atoms with E-state index >= 15 is 0 Å². The van der Waals surface area contributed by atoms with Crippen molar-refractivity contribution in [2.75, 3.05) is 0 Å². The highest BCUT2D eigenvalue weighted by Gasteiger charge is 2.10. The smallest absolute Gasteiger partial charge is 0.136 e. The van der Waals surface area contributed by atoms with E-state index in [9.17, 15) is 0 Å². The van der Waals surface area contributed by atoms with Gasteiger partial charge >= 0.3 is 0 Å². The minimum Gasteiger partial charge on any atom is -0.345 e. The fraction of sp³-hybridized carbons (Fsp3) is 0.0833. The van der Waals surface area contributed by atoms with Gasteiger partial charge in [-0.15, -0.1) is 0 Å². The van der Waals surface area contributed by atoms with Crippen LogP contribution in [0.2, 0.25) is 0 Å². The standard InChI is InChI=1S/C12H11N3/c1-9-11(10-5-3-2-4-6-10)14-15-8-7-13-12(9)15/h2-8,13H,1H3. The lowest BCUT2D eigenvalue weighted by atomic mass is 10.1. The zero-order valence-electron chi connectivity index (χ0n) is 8.44. The molecule has 74 valence electrons. The molecule has 2 aromatic heterocycles. The number of hydrogen-bond donors (Lipinski definition) is 1. The van der Waals surface area contributed by atoms with Gasteiger partial charge in [-0.1, -0.05) is 30.3 Å². The van der Waals surface area contributed by atoms with Gasteiger partial charge < -0.3 is 4.98 Å². The summed E-state index contributed by atoms with van der Waals surface area (Å²) in [6, 6.07) is 10.2. The molecule has 1 aromatic carbocycles. The van der Waals surface area contributed by atoms with Crippen LogP contribution in [0.25, 0.3) is 16.9 Å². The Morgan fingerprint density at radius 3 is 2.73 bits per heavy atom. The first-order valence-electron chi connectivity index (χ1n) is 4.94. The highest BCUT2D eigenvalue weighted by molar-refractivity contribution is 5.69. The molecule has 0 saturated carbocycles. The van der Waals surface area contributed by atoms with Gasteiger partial charge in [0.1, 0.15) is 5.65 Å². The Labute approximate surface area is 87.4 Å². The summed E-state index contributed by atoms with van der Waals surface area (Å²) in [5.41, 5.74) is 4.45. The molecule has 1 N–H and O–H groups in total. The van der Waals surface area contributed by atoms with Gasteiger partial charge in [-0.2, -0.15) is 5.10 Å². The molecule has 3 rings (SSSR count). The maximum atomic E-state index is 4.53. The van der Waals surface area contributed by atoms with Crippen molar-refractivity contribution in [3.63, 3.8) is 0 Å². The van der Waals surface area contributed by atoms with E-state index in [0.717, 1.165) is 16.9 Å². The highest BCUT2D eigenvalue weighted by atomic mass is 15.3. The predicted molar refractivity (Wildman–Crippen MR) is 59.7 cm³/mol. The molecule has 3 aromatic rings. The van der Waals surface area contributed by atoms with Crippen LogP contribution in [0, 0.1) is 6.92 Å². The quantitative estimate of drug-likeness (QED) is 0.639. The third kappa shape index (κ3) is 1.16. The number of hydrogen-bond acceptors (Lipinski definition) is 1.